The number of amidine groups is 1. The Morgan fingerprint density at radius 1 is 0.939 bits per heavy atom. The molecule has 0 aromatic heterocycles. The zero-order valence-electron chi connectivity index (χ0n) is 18.5. The van der Waals surface area contributed by atoms with E-state index in [0.29, 0.717) is 42.2 Å². The third-order valence-electron chi connectivity index (χ3n) is 6.58. The summed E-state index contributed by atoms with van der Waals surface area (Å²) in [6.07, 6.45) is 4.42. The van der Waals surface area contributed by atoms with E-state index in [4.69, 9.17) is 5.73 Å². The summed E-state index contributed by atoms with van der Waals surface area (Å²) in [5.74, 6) is 0.378. The second kappa shape index (κ2) is 8.83. The highest BCUT2D eigenvalue weighted by atomic mass is 16.3. The molecule has 5 rings (SSSR count). The normalized spacial score (nSPS) is 20.2. The van der Waals surface area contributed by atoms with E-state index in [1.807, 2.05) is 53.4 Å². The van der Waals surface area contributed by atoms with E-state index in [2.05, 4.69) is 4.99 Å². The van der Waals surface area contributed by atoms with Crippen LogP contribution < -0.4 is 5.73 Å². The molecule has 3 aliphatic rings. The molecule has 7 heteroatoms. The van der Waals surface area contributed by atoms with Crippen molar-refractivity contribution in [2.75, 3.05) is 26.2 Å². The number of aliphatic hydroxyl groups is 1. The van der Waals surface area contributed by atoms with Gasteiger partial charge in [0, 0.05) is 49.3 Å². The topological polar surface area (TPSA) is 99.2 Å². The van der Waals surface area contributed by atoms with E-state index in [0.717, 1.165) is 42.6 Å². The minimum atomic E-state index is -0.460. The quantitative estimate of drug-likeness (QED) is 0.760. The third kappa shape index (κ3) is 4.41. The van der Waals surface area contributed by atoms with Crippen LogP contribution in [0.4, 0.5) is 5.69 Å². The number of hydrogen-bond acceptors (Lipinski definition) is 5. The van der Waals surface area contributed by atoms with Gasteiger partial charge in [0.05, 0.1) is 11.8 Å². The van der Waals surface area contributed by atoms with Crippen molar-refractivity contribution in [2.24, 2.45) is 10.7 Å². The zero-order valence-corrected chi connectivity index (χ0v) is 18.5. The molecule has 0 aliphatic carbocycles. The molecule has 3 heterocycles. The molecule has 170 valence electrons. The minimum absolute atomic E-state index is 0.0891. The summed E-state index contributed by atoms with van der Waals surface area (Å²) in [5.41, 5.74) is 10.9. The number of nitrogens with zero attached hydrogens (tertiary/aromatic N) is 3. The number of rotatable bonds is 3. The Morgan fingerprint density at radius 3 is 2.36 bits per heavy atom. The van der Waals surface area contributed by atoms with E-state index in [1.54, 1.807) is 4.90 Å². The van der Waals surface area contributed by atoms with Crippen molar-refractivity contribution < 1.29 is 14.7 Å². The van der Waals surface area contributed by atoms with Crippen LogP contribution in [0.1, 0.15) is 41.6 Å². The van der Waals surface area contributed by atoms with Crippen molar-refractivity contribution >= 4 is 29.4 Å². The molecule has 0 saturated carbocycles. The van der Waals surface area contributed by atoms with Crippen LogP contribution in [0.2, 0.25) is 0 Å². The molecule has 3 N–H and O–H groups in total. The standard InChI is InChI=1S/C26H28N4O3/c27-24-15-21(26(33)30-12-9-22(31)16-30)13-20-8-7-19(14-23(20)28-24)17-3-5-18(6-4-17)25(32)29-10-1-2-11-29/h3-8,13-14,22,31H,1-2,9-12,15-16H2,(H2,27,28). The van der Waals surface area contributed by atoms with Crippen LogP contribution in [-0.2, 0) is 4.79 Å². The predicted molar refractivity (Wildman–Crippen MR) is 128 cm³/mol. The summed E-state index contributed by atoms with van der Waals surface area (Å²) in [6, 6.07) is 13.6. The summed E-state index contributed by atoms with van der Waals surface area (Å²) < 4.78 is 0. The SMILES string of the molecule is NC1=Nc2cc(-c3ccc(C(=O)N4CCCC4)cc3)ccc2C=C(C(=O)N2CCC(O)C2)C1. The van der Waals surface area contributed by atoms with Gasteiger partial charge < -0.3 is 20.6 Å². The van der Waals surface area contributed by atoms with Crippen molar-refractivity contribution in [1.82, 2.24) is 9.80 Å². The number of likely N-dealkylation sites (tertiary alicyclic amines) is 2. The maximum atomic E-state index is 12.9. The molecule has 1 atom stereocenters. The molecule has 0 bridgehead atoms. The summed E-state index contributed by atoms with van der Waals surface area (Å²) in [7, 11) is 0. The lowest BCUT2D eigenvalue weighted by Crippen LogP contribution is -2.32. The fourth-order valence-corrected chi connectivity index (χ4v) is 4.75. The van der Waals surface area contributed by atoms with Gasteiger partial charge in [0.2, 0.25) is 5.91 Å². The molecule has 3 aliphatic heterocycles. The third-order valence-corrected chi connectivity index (χ3v) is 6.58. The van der Waals surface area contributed by atoms with Crippen LogP contribution in [0, 0.1) is 0 Å². The predicted octanol–water partition coefficient (Wildman–Crippen LogP) is 2.96. The average molecular weight is 445 g/mol. The number of aliphatic hydroxyl groups excluding tert-OH is 1. The number of nitrogens with two attached hydrogens (primary N) is 1. The fourth-order valence-electron chi connectivity index (χ4n) is 4.75. The highest BCUT2D eigenvalue weighted by molar-refractivity contribution is 6.05. The van der Waals surface area contributed by atoms with Crippen LogP contribution in [0.15, 0.2) is 53.0 Å². The van der Waals surface area contributed by atoms with Gasteiger partial charge in [-0.25, -0.2) is 4.99 Å². The number of carbonyl (C=O) groups excluding carboxylic acids is 2. The van der Waals surface area contributed by atoms with Crippen molar-refractivity contribution in [3.63, 3.8) is 0 Å². The Hall–Kier alpha value is -3.45. The van der Waals surface area contributed by atoms with Crippen molar-refractivity contribution in [3.8, 4) is 11.1 Å². The first-order valence-corrected chi connectivity index (χ1v) is 11.5. The lowest BCUT2D eigenvalue weighted by Gasteiger charge is -2.17. The second-order valence-electron chi connectivity index (χ2n) is 8.99. The number of carbonyl (C=O) groups is 2. The molecule has 2 amide bonds. The van der Waals surface area contributed by atoms with Crippen LogP contribution in [0.3, 0.4) is 0 Å². The van der Waals surface area contributed by atoms with E-state index < -0.39 is 6.10 Å². The molecular weight excluding hydrogens is 416 g/mol. The van der Waals surface area contributed by atoms with Crippen LogP contribution >= 0.6 is 0 Å². The number of amides is 2. The van der Waals surface area contributed by atoms with Crippen molar-refractivity contribution in [2.45, 2.75) is 31.8 Å². The molecule has 0 radical (unpaired) electrons. The number of hydrogen-bond donors (Lipinski definition) is 2. The van der Waals surface area contributed by atoms with E-state index >= 15 is 0 Å². The summed E-state index contributed by atoms with van der Waals surface area (Å²) in [4.78, 5) is 33.7. The van der Waals surface area contributed by atoms with Crippen LogP contribution in [0.5, 0.6) is 0 Å². The first-order valence-electron chi connectivity index (χ1n) is 11.5. The molecule has 0 spiro atoms. The Bertz CT molecular complexity index is 1150. The average Bonchev–Trinajstić information content (AvgIpc) is 3.48. The number of benzene rings is 2. The highest BCUT2D eigenvalue weighted by Gasteiger charge is 2.28. The van der Waals surface area contributed by atoms with E-state index in [1.165, 1.54) is 0 Å². The monoisotopic (exact) mass is 444 g/mol. The molecule has 2 fully saturated rings. The molecule has 2 aromatic carbocycles. The second-order valence-corrected chi connectivity index (χ2v) is 8.99. The van der Waals surface area contributed by atoms with Gasteiger partial charge in [-0.1, -0.05) is 24.3 Å². The maximum absolute atomic E-state index is 12.9. The molecular formula is C26H28N4O3. The van der Waals surface area contributed by atoms with Gasteiger partial charge in [-0.15, -0.1) is 0 Å². The summed E-state index contributed by atoms with van der Waals surface area (Å²) >= 11 is 0. The number of fused-ring (bicyclic) bond motifs is 1. The molecule has 33 heavy (non-hydrogen) atoms. The lowest BCUT2D eigenvalue weighted by molar-refractivity contribution is -0.126. The Balaban J connectivity index is 1.39. The Morgan fingerprint density at radius 2 is 1.67 bits per heavy atom. The van der Waals surface area contributed by atoms with Crippen LogP contribution in [0.25, 0.3) is 17.2 Å². The maximum Gasteiger partial charge on any atom is 0.253 e. The van der Waals surface area contributed by atoms with E-state index in [-0.39, 0.29) is 18.2 Å². The minimum Gasteiger partial charge on any atom is -0.391 e. The number of β-amino-alcohol motifs (C(OH)–C–C–N with tert-alkyl or cyclic N) is 1. The summed E-state index contributed by atoms with van der Waals surface area (Å²) in [5, 5.41) is 9.77. The zero-order chi connectivity index (χ0) is 22.9. The fraction of sp³-hybridized carbons (Fsp3) is 0.346. The van der Waals surface area contributed by atoms with Crippen molar-refractivity contribution in [3.05, 3.63) is 59.2 Å². The smallest absolute Gasteiger partial charge is 0.253 e. The lowest BCUT2D eigenvalue weighted by atomic mass is 10.00. The Labute approximate surface area is 193 Å². The first kappa shape index (κ1) is 21.4. The van der Waals surface area contributed by atoms with Crippen LogP contribution in [-0.4, -0.2) is 64.8 Å². The highest BCUT2D eigenvalue weighted by Crippen LogP contribution is 2.32. The van der Waals surface area contributed by atoms with Gasteiger partial charge in [0.15, 0.2) is 0 Å². The van der Waals surface area contributed by atoms with Gasteiger partial charge >= 0.3 is 0 Å². The summed E-state index contributed by atoms with van der Waals surface area (Å²) in [6.45, 7) is 2.58. The van der Waals surface area contributed by atoms with Gasteiger partial charge in [-0.05, 0) is 54.7 Å². The number of aliphatic imine (C=N–C) groups is 1. The largest absolute Gasteiger partial charge is 0.391 e. The van der Waals surface area contributed by atoms with Gasteiger partial charge in [0.1, 0.15) is 5.84 Å². The van der Waals surface area contributed by atoms with Crippen molar-refractivity contribution in [1.29, 1.82) is 0 Å². The molecule has 1 unspecified atom stereocenters. The molecule has 2 aromatic rings. The first-order chi connectivity index (χ1) is 16.0. The molecule has 7 nitrogen and oxygen atoms in total. The van der Waals surface area contributed by atoms with E-state index in [9.17, 15) is 14.7 Å². The Kier molecular flexibility index (Phi) is 5.72. The molecule has 2 saturated heterocycles. The van der Waals surface area contributed by atoms with Gasteiger partial charge in [-0.3, -0.25) is 9.59 Å². The van der Waals surface area contributed by atoms with Gasteiger partial charge in [-0.2, -0.15) is 0 Å². The van der Waals surface area contributed by atoms with Gasteiger partial charge in [0.25, 0.3) is 5.91 Å².